The first-order chi connectivity index (χ1) is 9.09. The van der Waals surface area contributed by atoms with Gasteiger partial charge in [0.25, 0.3) is 5.91 Å². The molecule has 0 spiro atoms. The largest absolute Gasteiger partial charge is 0.370 e. The molecule has 1 amide bonds. The van der Waals surface area contributed by atoms with Crippen LogP contribution in [0.2, 0.25) is 0 Å². The summed E-state index contributed by atoms with van der Waals surface area (Å²) in [5.41, 5.74) is 1.55. The van der Waals surface area contributed by atoms with Crippen LogP contribution in [0.3, 0.4) is 0 Å². The Hall–Kier alpha value is -1.62. The fourth-order valence-electron chi connectivity index (χ4n) is 2.36. The maximum absolute atomic E-state index is 11.9. The van der Waals surface area contributed by atoms with Gasteiger partial charge in [-0.05, 0) is 31.5 Å². The van der Waals surface area contributed by atoms with Gasteiger partial charge in [0.1, 0.15) is 5.69 Å². The van der Waals surface area contributed by atoms with Crippen LogP contribution >= 0.6 is 0 Å². The van der Waals surface area contributed by atoms with Crippen molar-refractivity contribution < 1.29 is 4.79 Å². The van der Waals surface area contributed by atoms with Crippen molar-refractivity contribution in [2.75, 3.05) is 39.1 Å². The van der Waals surface area contributed by atoms with Crippen LogP contribution in [0.25, 0.3) is 0 Å². The molecule has 1 aliphatic rings. The van der Waals surface area contributed by atoms with Gasteiger partial charge in [0.15, 0.2) is 0 Å². The second-order valence-corrected chi connectivity index (χ2v) is 5.21. The van der Waals surface area contributed by atoms with E-state index < -0.39 is 0 Å². The first-order valence-electron chi connectivity index (χ1n) is 6.71. The Morgan fingerprint density at radius 2 is 2.21 bits per heavy atom. The van der Waals surface area contributed by atoms with Crippen molar-refractivity contribution in [2.24, 2.45) is 0 Å². The number of hydrogen-bond acceptors (Lipinski definition) is 4. The van der Waals surface area contributed by atoms with Crippen molar-refractivity contribution in [2.45, 2.75) is 18.9 Å². The molecule has 2 rings (SSSR count). The molecule has 0 aliphatic carbocycles. The number of rotatable bonds is 3. The molecule has 1 N–H and O–H groups in total. The molecule has 1 aromatic heterocycles. The van der Waals surface area contributed by atoms with Gasteiger partial charge in [0, 0.05) is 45.6 Å². The number of nitrogens with zero attached hydrogens (tertiary/aromatic N) is 3. The lowest BCUT2D eigenvalue weighted by molar-refractivity contribution is 0.0822. The highest BCUT2D eigenvalue weighted by Crippen LogP contribution is 2.19. The van der Waals surface area contributed by atoms with Gasteiger partial charge in [0.05, 0.1) is 0 Å². The van der Waals surface area contributed by atoms with Crippen LogP contribution in [0.4, 0.5) is 5.69 Å². The van der Waals surface area contributed by atoms with Crippen LogP contribution in [0, 0.1) is 0 Å². The number of nitrogens with one attached hydrogen (secondary N) is 1. The first kappa shape index (κ1) is 13.8. The summed E-state index contributed by atoms with van der Waals surface area (Å²) in [7, 11) is 5.56. The second-order valence-electron chi connectivity index (χ2n) is 5.21. The molecule has 0 aromatic carbocycles. The van der Waals surface area contributed by atoms with Crippen LogP contribution in [-0.4, -0.2) is 56.1 Å². The van der Waals surface area contributed by atoms with Crippen LogP contribution < -0.4 is 10.2 Å². The Balaban J connectivity index is 2.15. The summed E-state index contributed by atoms with van der Waals surface area (Å²) in [6.45, 7) is 2.10. The molecular formula is C14H22N4O. The summed E-state index contributed by atoms with van der Waals surface area (Å²) in [6.07, 6.45) is 4.09. The van der Waals surface area contributed by atoms with Crippen molar-refractivity contribution >= 4 is 11.6 Å². The van der Waals surface area contributed by atoms with Crippen molar-refractivity contribution in [1.82, 2.24) is 15.2 Å². The molecule has 0 radical (unpaired) electrons. The van der Waals surface area contributed by atoms with Crippen LogP contribution in [0.5, 0.6) is 0 Å². The van der Waals surface area contributed by atoms with Gasteiger partial charge < -0.3 is 15.1 Å². The lowest BCUT2D eigenvalue weighted by Crippen LogP contribution is -2.44. The van der Waals surface area contributed by atoms with E-state index in [0.29, 0.717) is 11.7 Å². The van der Waals surface area contributed by atoms with E-state index in [2.05, 4.69) is 22.2 Å². The highest BCUT2D eigenvalue weighted by molar-refractivity contribution is 5.92. The van der Waals surface area contributed by atoms with Gasteiger partial charge in [0.2, 0.25) is 0 Å². The quantitative estimate of drug-likeness (QED) is 0.882. The van der Waals surface area contributed by atoms with E-state index in [1.54, 1.807) is 25.2 Å². The maximum atomic E-state index is 11.9. The Kier molecular flexibility index (Phi) is 4.37. The molecule has 104 valence electrons. The van der Waals surface area contributed by atoms with E-state index in [9.17, 15) is 4.79 Å². The summed E-state index contributed by atoms with van der Waals surface area (Å²) in [5.74, 6) is -0.0583. The lowest BCUT2D eigenvalue weighted by atomic mass is 10.1. The predicted octanol–water partition coefficient (Wildman–Crippen LogP) is 0.972. The van der Waals surface area contributed by atoms with Crippen molar-refractivity contribution in [3.63, 3.8) is 0 Å². The van der Waals surface area contributed by atoms with Gasteiger partial charge in [-0.3, -0.25) is 9.78 Å². The van der Waals surface area contributed by atoms with Crippen molar-refractivity contribution in [3.8, 4) is 0 Å². The number of anilines is 1. The normalized spacial score (nSPS) is 19.0. The lowest BCUT2D eigenvalue weighted by Gasteiger charge is -2.33. The molecule has 1 aliphatic heterocycles. The van der Waals surface area contributed by atoms with Crippen molar-refractivity contribution in [3.05, 3.63) is 24.0 Å². The zero-order valence-corrected chi connectivity index (χ0v) is 11.9. The SMILES string of the molecule is CN(C)C(=O)c1cc(N(C)C2CCCNC2)ccn1. The number of carbonyl (C=O) groups excluding carboxylic acids is 1. The topological polar surface area (TPSA) is 48.5 Å². The van der Waals surface area contributed by atoms with E-state index in [-0.39, 0.29) is 5.91 Å². The van der Waals surface area contributed by atoms with Gasteiger partial charge in [-0.25, -0.2) is 0 Å². The minimum absolute atomic E-state index is 0.0583. The van der Waals surface area contributed by atoms with Gasteiger partial charge in [-0.15, -0.1) is 0 Å². The average Bonchev–Trinajstić information content (AvgIpc) is 2.46. The first-order valence-corrected chi connectivity index (χ1v) is 6.71. The molecule has 5 heteroatoms. The van der Waals surface area contributed by atoms with Crippen LogP contribution in [0.15, 0.2) is 18.3 Å². The minimum atomic E-state index is -0.0583. The molecule has 19 heavy (non-hydrogen) atoms. The molecule has 2 heterocycles. The summed E-state index contributed by atoms with van der Waals surface area (Å²) in [4.78, 5) is 19.9. The van der Waals surface area contributed by atoms with E-state index in [1.807, 2.05) is 12.1 Å². The third kappa shape index (κ3) is 3.23. The smallest absolute Gasteiger partial charge is 0.272 e. The van der Waals surface area contributed by atoms with Crippen LogP contribution in [-0.2, 0) is 0 Å². The monoisotopic (exact) mass is 262 g/mol. The molecule has 1 fully saturated rings. The number of carbonyl (C=O) groups is 1. The zero-order chi connectivity index (χ0) is 13.8. The Labute approximate surface area is 114 Å². The molecule has 1 unspecified atom stereocenters. The molecular weight excluding hydrogens is 240 g/mol. The molecule has 0 bridgehead atoms. The Bertz CT molecular complexity index is 441. The Morgan fingerprint density at radius 1 is 1.42 bits per heavy atom. The summed E-state index contributed by atoms with van der Waals surface area (Å²) in [5, 5.41) is 3.41. The van der Waals surface area contributed by atoms with E-state index in [4.69, 9.17) is 0 Å². The fourth-order valence-corrected chi connectivity index (χ4v) is 2.36. The minimum Gasteiger partial charge on any atom is -0.370 e. The fraction of sp³-hybridized carbons (Fsp3) is 0.571. The van der Waals surface area contributed by atoms with E-state index >= 15 is 0 Å². The standard InChI is InChI=1S/C14H22N4O/c1-17(2)14(19)13-9-11(6-8-16-13)18(3)12-5-4-7-15-10-12/h6,8-9,12,15H,4-5,7,10H2,1-3H3. The number of amides is 1. The third-order valence-electron chi connectivity index (χ3n) is 3.59. The molecule has 1 aromatic rings. The molecule has 1 atom stereocenters. The highest BCUT2D eigenvalue weighted by atomic mass is 16.2. The van der Waals surface area contributed by atoms with Gasteiger partial charge in [-0.1, -0.05) is 0 Å². The summed E-state index contributed by atoms with van der Waals surface area (Å²) in [6, 6.07) is 4.32. The highest BCUT2D eigenvalue weighted by Gasteiger charge is 2.19. The second kappa shape index (κ2) is 6.02. The maximum Gasteiger partial charge on any atom is 0.272 e. The predicted molar refractivity (Wildman–Crippen MR) is 76.5 cm³/mol. The Morgan fingerprint density at radius 3 is 2.84 bits per heavy atom. The van der Waals surface area contributed by atoms with E-state index in [0.717, 1.165) is 18.8 Å². The zero-order valence-electron chi connectivity index (χ0n) is 11.9. The number of pyridine rings is 1. The van der Waals surface area contributed by atoms with Crippen molar-refractivity contribution in [1.29, 1.82) is 0 Å². The van der Waals surface area contributed by atoms with Gasteiger partial charge >= 0.3 is 0 Å². The summed E-state index contributed by atoms with van der Waals surface area (Å²) < 4.78 is 0. The van der Waals surface area contributed by atoms with Gasteiger partial charge in [-0.2, -0.15) is 0 Å². The summed E-state index contributed by atoms with van der Waals surface area (Å²) >= 11 is 0. The number of hydrogen-bond donors (Lipinski definition) is 1. The third-order valence-corrected chi connectivity index (χ3v) is 3.59. The molecule has 0 saturated carbocycles. The average molecular weight is 262 g/mol. The molecule has 5 nitrogen and oxygen atoms in total. The number of likely N-dealkylation sites (N-methyl/N-ethyl adjacent to an activating group) is 1. The molecule has 1 saturated heterocycles. The van der Waals surface area contributed by atoms with E-state index in [1.165, 1.54) is 12.8 Å². The number of piperidine rings is 1. The number of aromatic nitrogens is 1. The van der Waals surface area contributed by atoms with Crippen LogP contribution in [0.1, 0.15) is 23.3 Å².